The third kappa shape index (κ3) is 10.1. The van der Waals surface area contributed by atoms with Gasteiger partial charge in [0.25, 0.3) is 0 Å². The van der Waals surface area contributed by atoms with Gasteiger partial charge in [0.15, 0.2) is 0 Å². The van der Waals surface area contributed by atoms with Gasteiger partial charge >= 0.3 is 5.97 Å². The lowest BCUT2D eigenvalue weighted by Crippen LogP contribution is -2.26. The monoisotopic (exact) mass is 329 g/mol. The Morgan fingerprint density at radius 2 is 1.77 bits per heavy atom. The Labute approximate surface area is 140 Å². The van der Waals surface area contributed by atoms with Crippen molar-refractivity contribution in [1.82, 2.24) is 5.32 Å². The van der Waals surface area contributed by atoms with Crippen LogP contribution < -0.4 is 5.32 Å². The predicted octanol–water partition coefficient (Wildman–Crippen LogP) is 3.64. The zero-order chi connectivity index (χ0) is 16.2. The van der Waals surface area contributed by atoms with Crippen LogP contribution in [0.3, 0.4) is 0 Å². The average molecular weight is 330 g/mol. The summed E-state index contributed by atoms with van der Waals surface area (Å²) in [4.78, 5) is 23.3. The first-order valence-electron chi connectivity index (χ1n) is 8.72. The second-order valence-corrected chi connectivity index (χ2v) is 7.20. The molecule has 0 aromatic carbocycles. The van der Waals surface area contributed by atoms with Gasteiger partial charge in [-0.25, -0.2) is 0 Å². The molecule has 1 rings (SSSR count). The number of carbonyl (C=O) groups is 2. The largest absolute Gasteiger partial charge is 0.462 e. The molecule has 1 fully saturated rings. The maximum atomic E-state index is 11.8. The highest BCUT2D eigenvalue weighted by atomic mass is 32.1. The summed E-state index contributed by atoms with van der Waals surface area (Å²) in [6.07, 6.45) is 10.8. The summed E-state index contributed by atoms with van der Waals surface area (Å²) >= 11 is 4.18. The van der Waals surface area contributed by atoms with Crippen LogP contribution in [-0.2, 0) is 14.3 Å². The van der Waals surface area contributed by atoms with Crippen molar-refractivity contribution in [2.45, 2.75) is 88.9 Å². The molecule has 0 heterocycles. The van der Waals surface area contributed by atoms with Crippen LogP contribution in [0.2, 0.25) is 0 Å². The molecule has 0 radical (unpaired) electrons. The number of nitrogens with one attached hydrogen (secondary N) is 1. The Hall–Kier alpha value is -0.710. The molecule has 1 atom stereocenters. The van der Waals surface area contributed by atoms with Crippen LogP contribution in [-0.4, -0.2) is 29.8 Å². The first kappa shape index (κ1) is 19.3. The van der Waals surface area contributed by atoms with E-state index in [1.807, 2.05) is 6.92 Å². The number of ether oxygens (including phenoxy) is 1. The molecule has 1 saturated carbocycles. The van der Waals surface area contributed by atoms with Gasteiger partial charge in [0.05, 0.1) is 0 Å². The van der Waals surface area contributed by atoms with Gasteiger partial charge in [0, 0.05) is 24.6 Å². The summed E-state index contributed by atoms with van der Waals surface area (Å²) in [5.41, 5.74) is 0. The number of hydrogen-bond acceptors (Lipinski definition) is 4. The van der Waals surface area contributed by atoms with Crippen molar-refractivity contribution >= 4 is 24.5 Å². The van der Waals surface area contributed by atoms with Crippen molar-refractivity contribution in [1.29, 1.82) is 0 Å². The number of esters is 1. The lowest BCUT2D eigenvalue weighted by molar-refractivity contribution is -0.150. The molecule has 4 nitrogen and oxygen atoms in total. The lowest BCUT2D eigenvalue weighted by atomic mass is 9.98. The van der Waals surface area contributed by atoms with E-state index in [2.05, 4.69) is 17.9 Å². The maximum absolute atomic E-state index is 11.8. The number of amides is 1. The molecule has 0 bridgehead atoms. The number of unbranched alkanes of at least 4 members (excludes halogenated alkanes) is 1. The molecule has 0 aromatic heterocycles. The van der Waals surface area contributed by atoms with Crippen LogP contribution in [0, 0.1) is 0 Å². The third-order valence-electron chi connectivity index (χ3n) is 3.96. The molecule has 0 aromatic rings. The van der Waals surface area contributed by atoms with E-state index in [0.717, 1.165) is 25.7 Å². The van der Waals surface area contributed by atoms with Crippen LogP contribution in [0.4, 0.5) is 0 Å². The Morgan fingerprint density at radius 3 is 2.41 bits per heavy atom. The Morgan fingerprint density at radius 1 is 1.14 bits per heavy atom. The zero-order valence-corrected chi connectivity index (χ0v) is 14.7. The van der Waals surface area contributed by atoms with Crippen molar-refractivity contribution in [2.75, 3.05) is 6.54 Å². The van der Waals surface area contributed by atoms with E-state index in [9.17, 15) is 9.59 Å². The summed E-state index contributed by atoms with van der Waals surface area (Å²) in [5.74, 6) is -0.0551. The normalized spacial score (nSPS) is 18.1. The van der Waals surface area contributed by atoms with E-state index >= 15 is 0 Å². The van der Waals surface area contributed by atoms with Crippen molar-refractivity contribution in [3.05, 3.63) is 0 Å². The van der Waals surface area contributed by atoms with Crippen LogP contribution >= 0.6 is 12.6 Å². The SMILES string of the molecule is CC(S)CC(=O)NCCCCC(=O)OC1CCCCCCC1. The fourth-order valence-corrected chi connectivity index (χ4v) is 2.91. The molecule has 0 spiro atoms. The van der Waals surface area contributed by atoms with Crippen molar-refractivity contribution < 1.29 is 14.3 Å². The number of rotatable bonds is 8. The van der Waals surface area contributed by atoms with Gasteiger partial charge in [0.2, 0.25) is 5.91 Å². The smallest absolute Gasteiger partial charge is 0.306 e. The van der Waals surface area contributed by atoms with Gasteiger partial charge in [-0.1, -0.05) is 26.2 Å². The molecule has 0 saturated heterocycles. The first-order chi connectivity index (χ1) is 10.6. The minimum absolute atomic E-state index is 0.0274. The fourth-order valence-electron chi connectivity index (χ4n) is 2.74. The molecule has 0 aliphatic heterocycles. The molecule has 128 valence electrons. The standard InChI is InChI=1S/C17H31NO3S/c1-14(22)13-16(19)18-12-8-7-11-17(20)21-15-9-5-3-2-4-6-10-15/h14-15,22H,2-13H2,1H3,(H,18,19). The quantitative estimate of drug-likeness (QED) is 0.406. The summed E-state index contributed by atoms with van der Waals surface area (Å²) in [6, 6.07) is 0. The Kier molecular flexibility index (Phi) is 10.4. The maximum Gasteiger partial charge on any atom is 0.306 e. The Balaban J connectivity index is 2.04. The van der Waals surface area contributed by atoms with Gasteiger partial charge in [-0.05, 0) is 38.5 Å². The summed E-state index contributed by atoms with van der Waals surface area (Å²) in [6.45, 7) is 2.52. The molecule has 1 amide bonds. The fraction of sp³-hybridized carbons (Fsp3) is 0.882. The third-order valence-corrected chi connectivity index (χ3v) is 4.14. The topological polar surface area (TPSA) is 55.4 Å². The molecular weight excluding hydrogens is 298 g/mol. The van der Waals surface area contributed by atoms with Crippen LogP contribution in [0.15, 0.2) is 0 Å². The Bertz CT molecular complexity index is 326. The molecule has 1 unspecified atom stereocenters. The minimum Gasteiger partial charge on any atom is -0.462 e. The second kappa shape index (κ2) is 11.8. The number of hydrogen-bond donors (Lipinski definition) is 2. The van der Waals surface area contributed by atoms with E-state index in [1.165, 1.54) is 32.1 Å². The minimum atomic E-state index is -0.0825. The van der Waals surface area contributed by atoms with E-state index in [4.69, 9.17) is 4.74 Å². The van der Waals surface area contributed by atoms with E-state index in [0.29, 0.717) is 19.4 Å². The predicted molar refractivity (Wildman–Crippen MR) is 92.1 cm³/mol. The second-order valence-electron chi connectivity index (χ2n) is 6.32. The highest BCUT2D eigenvalue weighted by Crippen LogP contribution is 2.20. The molecule has 22 heavy (non-hydrogen) atoms. The van der Waals surface area contributed by atoms with E-state index in [-0.39, 0.29) is 23.2 Å². The molecule has 1 aliphatic carbocycles. The van der Waals surface area contributed by atoms with Gasteiger partial charge in [0.1, 0.15) is 6.10 Å². The van der Waals surface area contributed by atoms with Crippen molar-refractivity contribution in [2.24, 2.45) is 0 Å². The highest BCUT2D eigenvalue weighted by molar-refractivity contribution is 7.80. The number of thiol groups is 1. The number of carbonyl (C=O) groups excluding carboxylic acids is 2. The summed E-state index contributed by atoms with van der Waals surface area (Å²) in [5, 5.41) is 2.93. The van der Waals surface area contributed by atoms with E-state index < -0.39 is 0 Å². The first-order valence-corrected chi connectivity index (χ1v) is 9.24. The molecule has 1 N–H and O–H groups in total. The van der Waals surface area contributed by atoms with Gasteiger partial charge in [-0.3, -0.25) is 9.59 Å². The van der Waals surface area contributed by atoms with Crippen molar-refractivity contribution in [3.63, 3.8) is 0 Å². The molecule has 5 heteroatoms. The van der Waals surface area contributed by atoms with Crippen LogP contribution in [0.1, 0.15) is 77.6 Å². The van der Waals surface area contributed by atoms with Gasteiger partial charge in [-0.15, -0.1) is 0 Å². The average Bonchev–Trinajstić information content (AvgIpc) is 2.40. The summed E-state index contributed by atoms with van der Waals surface area (Å²) in [7, 11) is 0. The van der Waals surface area contributed by atoms with Crippen molar-refractivity contribution in [3.8, 4) is 0 Å². The van der Waals surface area contributed by atoms with Gasteiger partial charge < -0.3 is 10.1 Å². The molecule has 1 aliphatic rings. The van der Waals surface area contributed by atoms with E-state index in [1.54, 1.807) is 0 Å². The zero-order valence-electron chi connectivity index (χ0n) is 13.8. The van der Waals surface area contributed by atoms with Gasteiger partial charge in [-0.2, -0.15) is 12.6 Å². The van der Waals surface area contributed by atoms with Crippen LogP contribution in [0.5, 0.6) is 0 Å². The van der Waals surface area contributed by atoms with Crippen LogP contribution in [0.25, 0.3) is 0 Å². The highest BCUT2D eigenvalue weighted by Gasteiger charge is 2.15. The summed E-state index contributed by atoms with van der Waals surface area (Å²) < 4.78 is 5.57. The molecular formula is C17H31NO3S. The lowest BCUT2D eigenvalue weighted by Gasteiger charge is -2.20.